The molecule has 21 nitrogen and oxygen atoms in total. The Bertz CT molecular complexity index is 1390. The fraction of sp³-hybridized carbons (Fsp3) is 0.882. The first-order valence-electron chi connectivity index (χ1n) is 26.9. The van der Waals surface area contributed by atoms with E-state index < -0.39 is 23.2 Å². The number of ether oxygens (including phenoxy) is 10. The van der Waals surface area contributed by atoms with Gasteiger partial charge in [-0.25, -0.2) is 0 Å². The molecule has 0 radical (unpaired) electrons. The van der Waals surface area contributed by atoms with Crippen LogP contribution in [0.1, 0.15) is 122 Å². The van der Waals surface area contributed by atoms with Crippen LogP contribution in [0, 0.1) is 0 Å². The van der Waals surface area contributed by atoms with E-state index in [1.54, 1.807) is 7.05 Å². The molecule has 0 aromatic heterocycles. The first-order valence-corrected chi connectivity index (χ1v) is 27.9. The van der Waals surface area contributed by atoms with Crippen LogP contribution in [0.4, 0.5) is 0 Å². The zero-order chi connectivity index (χ0) is 53.1. The van der Waals surface area contributed by atoms with Crippen LogP contribution in [0.3, 0.4) is 0 Å². The Balaban J connectivity index is 1.71. The maximum absolute atomic E-state index is 12.6. The third-order valence-corrected chi connectivity index (χ3v) is 12.7. The van der Waals surface area contributed by atoms with E-state index >= 15 is 0 Å². The second kappa shape index (κ2) is 51.2. The lowest BCUT2D eigenvalue weighted by atomic mass is 10.0. The Labute approximate surface area is 439 Å². The van der Waals surface area contributed by atoms with E-state index in [1.807, 2.05) is 0 Å². The van der Waals surface area contributed by atoms with E-state index in [0.717, 1.165) is 32.1 Å². The predicted molar refractivity (Wildman–Crippen MR) is 277 cm³/mol. The molecule has 0 saturated carbocycles. The van der Waals surface area contributed by atoms with Gasteiger partial charge in [-0.3, -0.25) is 33.7 Å². The maximum atomic E-state index is 12.6. The van der Waals surface area contributed by atoms with E-state index in [9.17, 15) is 28.8 Å². The fourth-order valence-corrected chi connectivity index (χ4v) is 8.53. The number of primary amides is 1. The first kappa shape index (κ1) is 68.1. The number of thioether (sulfide) groups is 1. The molecule has 1 fully saturated rings. The number of nitrogens with two attached hydrogens (primary N) is 1. The number of likely N-dealkylation sites (N-methyl/N-ethyl adjacent to an activating group) is 1. The highest BCUT2D eigenvalue weighted by molar-refractivity contribution is 8.00. The molecule has 1 aliphatic heterocycles. The molecule has 1 aliphatic rings. The summed E-state index contributed by atoms with van der Waals surface area (Å²) in [5.74, 6) is -1.35. The van der Waals surface area contributed by atoms with Crippen molar-refractivity contribution in [1.29, 1.82) is 0 Å². The number of Topliss-reactive ketones (excluding diaryl/α,β-unsaturated/α-hetero) is 1. The number of nitrogens with zero attached hydrogens (tertiary/aromatic N) is 1. The van der Waals surface area contributed by atoms with E-state index in [2.05, 4.69) is 10.6 Å². The number of carbonyl (C=O) groups is 6. The number of amides is 4. The number of rotatable bonds is 58. The van der Waals surface area contributed by atoms with Gasteiger partial charge < -0.3 is 68.8 Å². The van der Waals surface area contributed by atoms with Gasteiger partial charge in [0, 0.05) is 38.0 Å². The van der Waals surface area contributed by atoms with E-state index in [4.69, 9.17) is 58.2 Å². The van der Waals surface area contributed by atoms with Gasteiger partial charge in [-0.1, -0.05) is 77.0 Å². The smallest absolute Gasteiger partial charge is 0.303 e. The second-order valence-corrected chi connectivity index (χ2v) is 18.8. The van der Waals surface area contributed by atoms with Gasteiger partial charge in [0.25, 0.3) is 0 Å². The van der Waals surface area contributed by atoms with Gasteiger partial charge in [-0.15, -0.1) is 11.8 Å². The number of nitrogens with one attached hydrogen (secondary N) is 2. The normalized spacial score (nSPS) is 14.1. The lowest BCUT2D eigenvalue weighted by Crippen LogP contribution is -2.42. The summed E-state index contributed by atoms with van der Waals surface area (Å²) < 4.78 is 54.8. The Morgan fingerprint density at radius 1 is 0.548 bits per heavy atom. The van der Waals surface area contributed by atoms with Crippen molar-refractivity contribution in [3.05, 3.63) is 0 Å². The lowest BCUT2D eigenvalue weighted by Gasteiger charge is -2.16. The summed E-state index contributed by atoms with van der Waals surface area (Å²) in [7, 11) is 1.62. The van der Waals surface area contributed by atoms with Crippen molar-refractivity contribution < 1.29 is 81.2 Å². The quantitative estimate of drug-likeness (QED) is 0.0497. The number of aliphatic carboxylic acids is 1. The highest BCUT2D eigenvalue weighted by Gasteiger charge is 2.39. The molecular weight excluding hydrogens is 973 g/mol. The molecule has 0 aromatic carbocycles. The summed E-state index contributed by atoms with van der Waals surface area (Å²) in [6.07, 6.45) is 18.4. The number of carboxylic acids is 1. The molecule has 1 saturated heterocycles. The van der Waals surface area contributed by atoms with Gasteiger partial charge in [-0.2, -0.15) is 0 Å². The first-order chi connectivity index (χ1) is 35.6. The van der Waals surface area contributed by atoms with Crippen molar-refractivity contribution in [3.8, 4) is 0 Å². The molecule has 1 rings (SSSR count). The third kappa shape index (κ3) is 44.0. The van der Waals surface area contributed by atoms with Crippen molar-refractivity contribution in [3.63, 3.8) is 0 Å². The largest absolute Gasteiger partial charge is 0.481 e. The average molecular weight is 1070 g/mol. The molecular formula is C51H94N4O17S. The highest BCUT2D eigenvalue weighted by Crippen LogP contribution is 2.25. The summed E-state index contributed by atoms with van der Waals surface area (Å²) in [6, 6.07) is -0.563. The molecule has 1 heterocycles. The topological polar surface area (TPSA) is 268 Å². The lowest BCUT2D eigenvalue weighted by molar-refractivity contribution is -0.139. The SMILES string of the molecule is CNC(CSC1CC(=O)N(CCOCCOCCOCCOCCOCCOCCOCCOCCOCCOCC(=O)NCCCC(=O)CCCCCCCCCCCCCCCCC(=O)O)C1=O)C(N)=O. The number of imide groups is 1. The Morgan fingerprint density at radius 2 is 0.904 bits per heavy atom. The van der Waals surface area contributed by atoms with Crippen molar-refractivity contribution in [2.24, 2.45) is 5.73 Å². The molecule has 73 heavy (non-hydrogen) atoms. The summed E-state index contributed by atoms with van der Waals surface area (Å²) in [6.45, 7) is 8.18. The second-order valence-electron chi connectivity index (χ2n) is 17.6. The number of ketones is 1. The number of carboxylic acid groups (broad SMARTS) is 1. The summed E-state index contributed by atoms with van der Waals surface area (Å²) >= 11 is 1.25. The fourth-order valence-electron chi connectivity index (χ4n) is 7.25. The van der Waals surface area contributed by atoms with Crippen molar-refractivity contribution in [2.45, 2.75) is 133 Å². The number of likely N-dealkylation sites (tertiary alicyclic amines) is 1. The molecule has 5 N–H and O–H groups in total. The van der Waals surface area contributed by atoms with Crippen LogP contribution in [0.25, 0.3) is 0 Å². The van der Waals surface area contributed by atoms with E-state index in [1.165, 1.54) is 74.4 Å². The predicted octanol–water partition coefficient (Wildman–Crippen LogP) is 3.88. The standard InChI is InChI=1S/C51H94N4O17S/c1-53-45(50(52)61)43-73-46-41-48(58)55(51(46)62)21-22-63-23-24-64-25-26-65-27-28-66-29-30-67-31-32-68-33-34-69-35-36-70-37-38-71-39-40-72-42-47(57)54-20-16-18-44(56)17-14-12-10-8-6-4-2-3-5-7-9-11-13-15-19-49(59)60/h45-46,53H,2-43H2,1H3,(H2,52,61)(H,54,57)(H,59,60). The molecule has 2 atom stereocenters. The van der Waals surface area contributed by atoms with Crippen LogP contribution in [-0.4, -0.2) is 215 Å². The van der Waals surface area contributed by atoms with Gasteiger partial charge in [-0.05, 0) is 26.3 Å². The maximum Gasteiger partial charge on any atom is 0.303 e. The van der Waals surface area contributed by atoms with Crippen molar-refractivity contribution >= 4 is 47.1 Å². The van der Waals surface area contributed by atoms with Crippen LogP contribution in [0.5, 0.6) is 0 Å². The molecule has 0 spiro atoms. The molecule has 0 bridgehead atoms. The number of hydrogen-bond acceptors (Lipinski definition) is 18. The van der Waals surface area contributed by atoms with Gasteiger partial charge in [0.2, 0.25) is 23.6 Å². The van der Waals surface area contributed by atoms with Crippen molar-refractivity contribution in [2.75, 3.05) is 158 Å². The zero-order valence-corrected chi connectivity index (χ0v) is 45.1. The van der Waals surface area contributed by atoms with E-state index in [0.29, 0.717) is 157 Å². The highest BCUT2D eigenvalue weighted by atomic mass is 32.2. The monoisotopic (exact) mass is 1070 g/mol. The molecule has 2 unspecified atom stereocenters. The van der Waals surface area contributed by atoms with E-state index in [-0.39, 0.29) is 49.7 Å². The van der Waals surface area contributed by atoms with Gasteiger partial charge in [0.1, 0.15) is 12.4 Å². The van der Waals surface area contributed by atoms with Crippen LogP contribution in [-0.2, 0) is 76.1 Å². The number of hydrogen-bond donors (Lipinski definition) is 4. The molecule has 0 aromatic rings. The van der Waals surface area contributed by atoms with Gasteiger partial charge in [0.15, 0.2) is 0 Å². The Hall–Kier alpha value is -2.87. The Morgan fingerprint density at radius 3 is 1.29 bits per heavy atom. The molecule has 22 heteroatoms. The molecule has 0 aliphatic carbocycles. The van der Waals surface area contributed by atoms with Crippen LogP contribution in [0.2, 0.25) is 0 Å². The molecule has 4 amide bonds. The van der Waals surface area contributed by atoms with Gasteiger partial charge in [0.05, 0.1) is 143 Å². The number of unbranched alkanes of at least 4 members (excludes halogenated alkanes) is 13. The summed E-state index contributed by atoms with van der Waals surface area (Å²) in [4.78, 5) is 72.1. The van der Waals surface area contributed by atoms with Crippen LogP contribution in [0.15, 0.2) is 0 Å². The Kier molecular flexibility index (Phi) is 47.8. The van der Waals surface area contributed by atoms with Crippen LogP contribution < -0.4 is 16.4 Å². The molecule has 426 valence electrons. The minimum absolute atomic E-state index is 0.0453. The minimum Gasteiger partial charge on any atom is -0.481 e. The van der Waals surface area contributed by atoms with Crippen molar-refractivity contribution in [1.82, 2.24) is 15.5 Å². The zero-order valence-electron chi connectivity index (χ0n) is 44.3. The average Bonchev–Trinajstić information content (AvgIpc) is 3.64. The van der Waals surface area contributed by atoms with Gasteiger partial charge >= 0.3 is 5.97 Å². The summed E-state index contributed by atoms with van der Waals surface area (Å²) in [5, 5.41) is 13.7. The van der Waals surface area contributed by atoms with Crippen LogP contribution >= 0.6 is 11.8 Å². The third-order valence-electron chi connectivity index (χ3n) is 11.4. The minimum atomic E-state index is -0.694. The summed E-state index contributed by atoms with van der Waals surface area (Å²) in [5.41, 5.74) is 5.32. The number of carbonyl (C=O) groups excluding carboxylic acids is 5.